The Morgan fingerprint density at radius 3 is 2.68 bits per heavy atom. The van der Waals surface area contributed by atoms with Crippen LogP contribution >= 0.6 is 12.4 Å². The molecule has 3 fully saturated rings. The summed E-state index contributed by atoms with van der Waals surface area (Å²) in [6.07, 6.45) is 6.39. The average Bonchev–Trinajstić information content (AvgIpc) is 3.20. The van der Waals surface area contributed by atoms with Crippen molar-refractivity contribution in [1.29, 1.82) is 0 Å². The smallest absolute Gasteiger partial charge is 0.246 e. The summed E-state index contributed by atoms with van der Waals surface area (Å²) in [5.41, 5.74) is 0. The van der Waals surface area contributed by atoms with Gasteiger partial charge in [0.1, 0.15) is 4.90 Å². The van der Waals surface area contributed by atoms with E-state index in [1.807, 2.05) is 4.90 Å². The number of carbonyl (C=O) groups excluding carboxylic acids is 1. The van der Waals surface area contributed by atoms with Gasteiger partial charge in [-0.1, -0.05) is 0 Å². The van der Waals surface area contributed by atoms with Crippen LogP contribution in [0.2, 0.25) is 0 Å². The van der Waals surface area contributed by atoms with Gasteiger partial charge in [0, 0.05) is 51.6 Å². The Morgan fingerprint density at radius 1 is 1.14 bits per heavy atom. The van der Waals surface area contributed by atoms with E-state index < -0.39 is 10.0 Å². The lowest BCUT2D eigenvalue weighted by Gasteiger charge is -2.40. The highest BCUT2D eigenvalue weighted by Crippen LogP contribution is 2.26. The van der Waals surface area contributed by atoms with Gasteiger partial charge in [0.25, 0.3) is 0 Å². The summed E-state index contributed by atoms with van der Waals surface area (Å²) in [6, 6.07) is 0.143. The highest BCUT2D eigenvalue weighted by atomic mass is 35.5. The number of hydrogen-bond acceptors (Lipinski definition) is 6. The number of amides is 1. The second kappa shape index (κ2) is 9.08. The molecule has 0 bridgehead atoms. The molecule has 3 aliphatic heterocycles. The van der Waals surface area contributed by atoms with Crippen molar-refractivity contribution < 1.29 is 17.9 Å². The van der Waals surface area contributed by atoms with Gasteiger partial charge in [0.2, 0.25) is 15.9 Å². The van der Waals surface area contributed by atoms with E-state index in [1.54, 1.807) is 10.9 Å². The van der Waals surface area contributed by atoms with E-state index >= 15 is 0 Å². The number of aromatic nitrogens is 2. The summed E-state index contributed by atoms with van der Waals surface area (Å²) in [6.45, 7) is 3.93. The lowest BCUT2D eigenvalue weighted by molar-refractivity contribution is -0.135. The number of hydrogen-bond donors (Lipinski definition) is 1. The fourth-order valence-corrected chi connectivity index (χ4v) is 5.61. The van der Waals surface area contributed by atoms with Gasteiger partial charge in [-0.25, -0.2) is 8.42 Å². The van der Waals surface area contributed by atoms with Gasteiger partial charge in [-0.05, 0) is 25.7 Å². The van der Waals surface area contributed by atoms with Gasteiger partial charge < -0.3 is 15.0 Å². The maximum Gasteiger partial charge on any atom is 0.246 e. The van der Waals surface area contributed by atoms with Gasteiger partial charge in [-0.2, -0.15) is 9.40 Å². The minimum atomic E-state index is -3.60. The Hall–Kier alpha value is -1.20. The lowest BCUT2D eigenvalue weighted by Crippen LogP contribution is -2.57. The third-order valence-corrected chi connectivity index (χ3v) is 7.52. The van der Waals surface area contributed by atoms with Crippen LogP contribution in [0, 0.1) is 0 Å². The first-order chi connectivity index (χ1) is 13.1. The molecule has 0 saturated carbocycles. The van der Waals surface area contributed by atoms with E-state index in [9.17, 15) is 13.2 Å². The first kappa shape index (κ1) is 21.5. The molecule has 0 spiro atoms. The van der Waals surface area contributed by atoms with Crippen molar-refractivity contribution in [3.05, 3.63) is 12.4 Å². The Labute approximate surface area is 171 Å². The van der Waals surface area contributed by atoms with Crippen molar-refractivity contribution in [2.24, 2.45) is 0 Å². The van der Waals surface area contributed by atoms with E-state index in [4.69, 9.17) is 4.74 Å². The molecule has 4 heterocycles. The number of rotatable bonds is 4. The largest absolute Gasteiger partial charge is 0.381 e. The molecule has 0 aliphatic carbocycles. The van der Waals surface area contributed by atoms with Crippen LogP contribution in [0.3, 0.4) is 0 Å². The number of nitrogens with zero attached hydrogens (tertiary/aromatic N) is 4. The van der Waals surface area contributed by atoms with Crippen molar-refractivity contribution in [3.8, 4) is 0 Å². The molecule has 158 valence electrons. The average molecular weight is 434 g/mol. The molecule has 11 heteroatoms. The Bertz CT molecular complexity index is 780. The van der Waals surface area contributed by atoms with Crippen molar-refractivity contribution in [3.63, 3.8) is 0 Å². The zero-order valence-corrected chi connectivity index (χ0v) is 17.5. The molecule has 1 N–H and O–H groups in total. The van der Waals surface area contributed by atoms with E-state index in [1.165, 1.54) is 10.5 Å². The van der Waals surface area contributed by atoms with Crippen LogP contribution in [0.4, 0.5) is 0 Å². The molecule has 3 saturated heterocycles. The van der Waals surface area contributed by atoms with Crippen molar-refractivity contribution in [2.45, 2.75) is 42.7 Å². The van der Waals surface area contributed by atoms with Gasteiger partial charge in [0.05, 0.1) is 18.8 Å². The number of sulfonamides is 1. The Kier molecular flexibility index (Phi) is 6.98. The van der Waals surface area contributed by atoms with E-state index in [-0.39, 0.29) is 35.3 Å². The predicted molar refractivity (Wildman–Crippen MR) is 105 cm³/mol. The zero-order valence-electron chi connectivity index (χ0n) is 15.8. The van der Waals surface area contributed by atoms with Crippen LogP contribution in [0.1, 0.15) is 31.7 Å². The number of piperidine rings is 1. The highest BCUT2D eigenvalue weighted by molar-refractivity contribution is 7.89. The molecule has 1 unspecified atom stereocenters. The third-order valence-electron chi connectivity index (χ3n) is 5.71. The highest BCUT2D eigenvalue weighted by Gasteiger charge is 2.36. The summed E-state index contributed by atoms with van der Waals surface area (Å²) in [5, 5.41) is 7.37. The number of halogens is 1. The molecule has 4 rings (SSSR count). The molecule has 1 aromatic heterocycles. The van der Waals surface area contributed by atoms with Crippen LogP contribution in [0.5, 0.6) is 0 Å². The molecule has 1 amide bonds. The SMILES string of the molecule is Cl.O=C1CNCCN1C1CCCN(S(=O)(=O)c2cnn(C3CCOCC3)c2)C1. The van der Waals surface area contributed by atoms with Crippen molar-refractivity contribution in [2.75, 3.05) is 45.9 Å². The third kappa shape index (κ3) is 4.35. The van der Waals surface area contributed by atoms with Crippen LogP contribution in [-0.4, -0.2) is 85.3 Å². The minimum absolute atomic E-state index is 0. The molecule has 1 atom stereocenters. The molecule has 3 aliphatic rings. The summed E-state index contributed by atoms with van der Waals surface area (Å²) >= 11 is 0. The Balaban J connectivity index is 0.00000225. The summed E-state index contributed by atoms with van der Waals surface area (Å²) < 4.78 is 34.9. The van der Waals surface area contributed by atoms with E-state index in [2.05, 4.69) is 10.4 Å². The van der Waals surface area contributed by atoms with E-state index in [0.29, 0.717) is 39.4 Å². The molecule has 9 nitrogen and oxygen atoms in total. The van der Waals surface area contributed by atoms with Crippen LogP contribution in [-0.2, 0) is 19.6 Å². The predicted octanol–water partition coefficient (Wildman–Crippen LogP) is 0.241. The maximum absolute atomic E-state index is 13.1. The lowest BCUT2D eigenvalue weighted by atomic mass is 10.1. The number of nitrogens with one attached hydrogen (secondary N) is 1. The van der Waals surface area contributed by atoms with E-state index in [0.717, 1.165) is 32.2 Å². The van der Waals surface area contributed by atoms with Crippen molar-refractivity contribution >= 4 is 28.3 Å². The molecule has 0 radical (unpaired) electrons. The van der Waals surface area contributed by atoms with Crippen LogP contribution in [0.15, 0.2) is 17.3 Å². The molecular weight excluding hydrogens is 406 g/mol. The number of ether oxygens (including phenoxy) is 1. The summed E-state index contributed by atoms with van der Waals surface area (Å²) in [7, 11) is -3.60. The summed E-state index contributed by atoms with van der Waals surface area (Å²) in [5.74, 6) is 0.0536. The maximum atomic E-state index is 13.1. The van der Waals surface area contributed by atoms with Gasteiger partial charge >= 0.3 is 0 Å². The van der Waals surface area contributed by atoms with Gasteiger partial charge in [0.15, 0.2) is 0 Å². The quantitative estimate of drug-likeness (QED) is 0.730. The number of piperazine rings is 1. The summed E-state index contributed by atoms with van der Waals surface area (Å²) in [4.78, 5) is 14.2. The second-order valence-electron chi connectivity index (χ2n) is 7.42. The normalized spacial score (nSPS) is 25.5. The monoisotopic (exact) mass is 433 g/mol. The first-order valence-electron chi connectivity index (χ1n) is 9.68. The van der Waals surface area contributed by atoms with Crippen LogP contribution in [0.25, 0.3) is 0 Å². The van der Waals surface area contributed by atoms with Crippen LogP contribution < -0.4 is 5.32 Å². The zero-order chi connectivity index (χ0) is 18.9. The molecule has 28 heavy (non-hydrogen) atoms. The first-order valence-corrected chi connectivity index (χ1v) is 11.1. The molecule has 0 aromatic carbocycles. The Morgan fingerprint density at radius 2 is 1.93 bits per heavy atom. The van der Waals surface area contributed by atoms with Crippen molar-refractivity contribution in [1.82, 2.24) is 24.3 Å². The van der Waals surface area contributed by atoms with Gasteiger partial charge in [-0.3, -0.25) is 9.48 Å². The van der Waals surface area contributed by atoms with Gasteiger partial charge in [-0.15, -0.1) is 12.4 Å². The minimum Gasteiger partial charge on any atom is -0.381 e. The topological polar surface area (TPSA) is 96.8 Å². The second-order valence-corrected chi connectivity index (χ2v) is 9.36. The fourth-order valence-electron chi connectivity index (χ4n) is 4.15. The molecule has 1 aromatic rings. The standard InChI is InChI=1S/C17H27N5O4S.ClH/c23-17-11-18-5-7-21(17)15-2-1-6-20(12-15)27(24,25)16-10-19-22(13-16)14-3-8-26-9-4-14;/h10,13-15,18H,1-9,11-12H2;1H. The number of carbonyl (C=O) groups is 1. The molecular formula is C17H28ClN5O4S. The fraction of sp³-hybridized carbons (Fsp3) is 0.765.